The first-order valence-corrected chi connectivity index (χ1v) is 6.58. The van der Waals surface area contributed by atoms with Crippen LogP contribution in [0.4, 0.5) is 0 Å². The number of amides is 1. The van der Waals surface area contributed by atoms with Gasteiger partial charge in [-0.25, -0.2) is 0 Å². The SMILES string of the molecule is CC(NC(C(N)=O)C(C)C)c1cc(Cl)ccc1Cl. The van der Waals surface area contributed by atoms with Crippen LogP contribution in [-0.4, -0.2) is 11.9 Å². The molecule has 1 amide bonds. The number of carbonyl (C=O) groups excluding carboxylic acids is 1. The van der Waals surface area contributed by atoms with Crippen LogP contribution in [0, 0.1) is 5.92 Å². The molecule has 0 aliphatic heterocycles. The van der Waals surface area contributed by atoms with E-state index in [-0.39, 0.29) is 17.9 Å². The average molecular weight is 289 g/mol. The second kappa shape index (κ2) is 6.41. The molecule has 0 aliphatic carbocycles. The summed E-state index contributed by atoms with van der Waals surface area (Å²) in [4.78, 5) is 11.4. The first-order chi connectivity index (χ1) is 8.32. The van der Waals surface area contributed by atoms with Crippen molar-refractivity contribution in [2.24, 2.45) is 11.7 Å². The lowest BCUT2D eigenvalue weighted by Gasteiger charge is -2.24. The molecule has 0 spiro atoms. The molecule has 0 aromatic heterocycles. The third-order valence-electron chi connectivity index (χ3n) is 2.83. The molecular formula is C13H18Cl2N2O. The Morgan fingerprint density at radius 1 is 1.28 bits per heavy atom. The molecule has 3 N–H and O–H groups in total. The first-order valence-electron chi connectivity index (χ1n) is 5.83. The quantitative estimate of drug-likeness (QED) is 0.874. The van der Waals surface area contributed by atoms with E-state index in [0.29, 0.717) is 10.0 Å². The summed E-state index contributed by atoms with van der Waals surface area (Å²) < 4.78 is 0. The summed E-state index contributed by atoms with van der Waals surface area (Å²) in [5.74, 6) is -0.252. The summed E-state index contributed by atoms with van der Waals surface area (Å²) in [6, 6.07) is 4.77. The van der Waals surface area contributed by atoms with Gasteiger partial charge < -0.3 is 5.73 Å². The zero-order chi connectivity index (χ0) is 13.9. The molecule has 5 heteroatoms. The Morgan fingerprint density at radius 2 is 1.89 bits per heavy atom. The van der Waals surface area contributed by atoms with Crippen molar-refractivity contribution in [3.8, 4) is 0 Å². The second-order valence-corrected chi connectivity index (χ2v) is 5.52. The Labute approximate surface area is 118 Å². The minimum absolute atomic E-state index is 0.101. The minimum Gasteiger partial charge on any atom is -0.368 e. The van der Waals surface area contributed by atoms with E-state index in [9.17, 15) is 4.79 Å². The van der Waals surface area contributed by atoms with E-state index >= 15 is 0 Å². The van der Waals surface area contributed by atoms with Crippen LogP contribution in [0.5, 0.6) is 0 Å². The highest BCUT2D eigenvalue weighted by molar-refractivity contribution is 6.33. The van der Waals surface area contributed by atoms with Gasteiger partial charge in [0.05, 0.1) is 6.04 Å². The molecule has 0 bridgehead atoms. The fourth-order valence-electron chi connectivity index (χ4n) is 1.81. The zero-order valence-electron chi connectivity index (χ0n) is 10.7. The van der Waals surface area contributed by atoms with Crippen LogP contribution in [-0.2, 0) is 4.79 Å². The molecule has 0 heterocycles. The largest absolute Gasteiger partial charge is 0.368 e. The van der Waals surface area contributed by atoms with E-state index in [1.165, 1.54) is 0 Å². The lowest BCUT2D eigenvalue weighted by molar-refractivity contribution is -0.121. The Hall–Kier alpha value is -0.770. The van der Waals surface area contributed by atoms with Crippen molar-refractivity contribution < 1.29 is 4.79 Å². The van der Waals surface area contributed by atoms with Gasteiger partial charge in [-0.3, -0.25) is 10.1 Å². The van der Waals surface area contributed by atoms with E-state index in [4.69, 9.17) is 28.9 Å². The number of nitrogens with two attached hydrogens (primary N) is 1. The number of hydrogen-bond donors (Lipinski definition) is 2. The van der Waals surface area contributed by atoms with Gasteiger partial charge in [-0.1, -0.05) is 37.0 Å². The predicted octanol–water partition coefficient (Wildman–Crippen LogP) is 3.15. The number of hydrogen-bond acceptors (Lipinski definition) is 2. The van der Waals surface area contributed by atoms with Gasteiger partial charge in [0, 0.05) is 16.1 Å². The van der Waals surface area contributed by atoms with Crippen molar-refractivity contribution in [1.29, 1.82) is 0 Å². The maximum Gasteiger partial charge on any atom is 0.234 e. The molecule has 0 fully saturated rings. The van der Waals surface area contributed by atoms with E-state index in [1.807, 2.05) is 20.8 Å². The van der Waals surface area contributed by atoms with Crippen molar-refractivity contribution in [1.82, 2.24) is 5.32 Å². The summed E-state index contributed by atoms with van der Waals surface area (Å²) in [6.07, 6.45) is 0. The smallest absolute Gasteiger partial charge is 0.234 e. The van der Waals surface area contributed by atoms with Crippen LogP contribution >= 0.6 is 23.2 Å². The van der Waals surface area contributed by atoms with Gasteiger partial charge in [-0.15, -0.1) is 0 Å². The molecule has 0 aliphatic rings. The molecule has 0 radical (unpaired) electrons. The number of carbonyl (C=O) groups is 1. The fourth-order valence-corrected chi connectivity index (χ4v) is 2.27. The van der Waals surface area contributed by atoms with Crippen LogP contribution < -0.4 is 11.1 Å². The number of nitrogens with one attached hydrogen (secondary N) is 1. The summed E-state index contributed by atoms with van der Waals surface area (Å²) in [5.41, 5.74) is 6.23. The minimum atomic E-state index is -0.393. The molecule has 2 unspecified atom stereocenters. The third kappa shape index (κ3) is 3.87. The summed E-state index contributed by atoms with van der Waals surface area (Å²) >= 11 is 12.1. The molecule has 1 aromatic rings. The normalized spacial score (nSPS) is 14.6. The zero-order valence-corrected chi connectivity index (χ0v) is 12.2. The number of benzene rings is 1. The van der Waals surface area contributed by atoms with E-state index in [1.54, 1.807) is 18.2 Å². The molecule has 0 saturated carbocycles. The van der Waals surface area contributed by atoms with Crippen molar-refractivity contribution in [3.63, 3.8) is 0 Å². The van der Waals surface area contributed by atoms with Crippen molar-refractivity contribution >= 4 is 29.1 Å². The van der Waals surface area contributed by atoms with Crippen LogP contribution in [0.2, 0.25) is 10.0 Å². The highest BCUT2D eigenvalue weighted by Crippen LogP contribution is 2.26. The van der Waals surface area contributed by atoms with Gasteiger partial charge >= 0.3 is 0 Å². The highest BCUT2D eigenvalue weighted by Gasteiger charge is 2.22. The fraction of sp³-hybridized carbons (Fsp3) is 0.462. The van der Waals surface area contributed by atoms with E-state index in [0.717, 1.165) is 5.56 Å². The van der Waals surface area contributed by atoms with Gasteiger partial charge in [0.1, 0.15) is 0 Å². The molecule has 1 rings (SSSR count). The molecule has 3 nitrogen and oxygen atoms in total. The second-order valence-electron chi connectivity index (χ2n) is 4.68. The highest BCUT2D eigenvalue weighted by atomic mass is 35.5. The van der Waals surface area contributed by atoms with Gasteiger partial charge in [-0.2, -0.15) is 0 Å². The number of rotatable bonds is 5. The molecule has 18 heavy (non-hydrogen) atoms. The molecule has 1 aromatic carbocycles. The Balaban J connectivity index is 2.90. The summed E-state index contributed by atoms with van der Waals surface area (Å²) in [5, 5.41) is 4.41. The number of halogens is 2. The maximum atomic E-state index is 11.4. The Morgan fingerprint density at radius 3 is 2.39 bits per heavy atom. The summed E-state index contributed by atoms with van der Waals surface area (Å²) in [6.45, 7) is 5.80. The topological polar surface area (TPSA) is 55.1 Å². The lowest BCUT2D eigenvalue weighted by atomic mass is 10.0. The van der Waals surface area contributed by atoms with Gasteiger partial charge in [0.25, 0.3) is 0 Å². The van der Waals surface area contributed by atoms with Crippen molar-refractivity contribution in [3.05, 3.63) is 33.8 Å². The van der Waals surface area contributed by atoms with E-state index in [2.05, 4.69) is 5.32 Å². The van der Waals surface area contributed by atoms with Crippen molar-refractivity contribution in [2.45, 2.75) is 32.9 Å². The Kier molecular flexibility index (Phi) is 5.45. The monoisotopic (exact) mass is 288 g/mol. The van der Waals surface area contributed by atoms with Crippen LogP contribution in [0.1, 0.15) is 32.4 Å². The average Bonchev–Trinajstić information content (AvgIpc) is 2.28. The van der Waals surface area contributed by atoms with Crippen LogP contribution in [0.3, 0.4) is 0 Å². The van der Waals surface area contributed by atoms with Gasteiger partial charge in [-0.05, 0) is 36.6 Å². The first kappa shape index (κ1) is 15.3. The van der Waals surface area contributed by atoms with Gasteiger partial charge in [0.2, 0.25) is 5.91 Å². The lowest BCUT2D eigenvalue weighted by Crippen LogP contribution is -2.45. The third-order valence-corrected chi connectivity index (χ3v) is 3.41. The standard InChI is InChI=1S/C13H18Cl2N2O/c1-7(2)12(13(16)18)17-8(3)10-6-9(14)4-5-11(10)15/h4-8,12,17H,1-3H3,(H2,16,18). The molecule has 2 atom stereocenters. The number of primary amides is 1. The van der Waals surface area contributed by atoms with E-state index < -0.39 is 6.04 Å². The molecular weight excluding hydrogens is 271 g/mol. The van der Waals surface area contributed by atoms with Crippen molar-refractivity contribution in [2.75, 3.05) is 0 Å². The predicted molar refractivity (Wildman–Crippen MR) is 75.8 cm³/mol. The summed E-state index contributed by atoms with van der Waals surface area (Å²) in [7, 11) is 0. The Bertz CT molecular complexity index is 435. The maximum absolute atomic E-state index is 11.4. The molecule has 0 saturated heterocycles. The van der Waals surface area contributed by atoms with Crippen LogP contribution in [0.25, 0.3) is 0 Å². The van der Waals surface area contributed by atoms with Gasteiger partial charge in [0.15, 0.2) is 0 Å². The molecule has 100 valence electrons. The van der Waals surface area contributed by atoms with Crippen LogP contribution in [0.15, 0.2) is 18.2 Å².